The molecule has 45 heavy (non-hydrogen) atoms. The van der Waals surface area contributed by atoms with Crippen LogP contribution in [0.2, 0.25) is 0 Å². The van der Waals surface area contributed by atoms with Crippen LogP contribution in [0.4, 0.5) is 0 Å². The van der Waals surface area contributed by atoms with Crippen LogP contribution < -0.4 is 15.4 Å². The normalized spacial score (nSPS) is 17.9. The molecule has 2 atom stereocenters. The maximum Gasteiger partial charge on any atom is 0.253 e. The highest BCUT2D eigenvalue weighted by Gasteiger charge is 2.37. The largest absolute Gasteiger partial charge is 0.508 e. The van der Waals surface area contributed by atoms with E-state index in [1.807, 2.05) is 19.9 Å². The van der Waals surface area contributed by atoms with Gasteiger partial charge in [0.05, 0.1) is 22.5 Å². The molecule has 2 amide bonds. The van der Waals surface area contributed by atoms with Gasteiger partial charge in [-0.1, -0.05) is 26.0 Å². The smallest absolute Gasteiger partial charge is 0.253 e. The first-order valence-corrected chi connectivity index (χ1v) is 16.5. The number of phenols is 1. The van der Waals surface area contributed by atoms with Crippen LogP contribution >= 0.6 is 0 Å². The Labute approximate surface area is 262 Å². The number of aromatic hydroxyl groups is 1. The summed E-state index contributed by atoms with van der Waals surface area (Å²) in [6, 6.07) is 12.2. The highest BCUT2D eigenvalue weighted by molar-refractivity contribution is 7.89. The Bertz CT molecular complexity index is 1890. The van der Waals surface area contributed by atoms with Crippen LogP contribution in [0.15, 0.2) is 78.1 Å². The minimum atomic E-state index is -3.93. The second-order valence-electron chi connectivity index (χ2n) is 12.0. The zero-order valence-electron chi connectivity index (χ0n) is 25.0. The molecule has 0 spiro atoms. The fourth-order valence-corrected chi connectivity index (χ4v) is 7.11. The average molecular weight is 626 g/mol. The fraction of sp³-hybridized carbons (Fsp3) is 0.294. The van der Waals surface area contributed by atoms with Crippen molar-refractivity contribution < 1.29 is 23.1 Å². The fourth-order valence-electron chi connectivity index (χ4n) is 5.66. The van der Waals surface area contributed by atoms with Crippen molar-refractivity contribution in [2.75, 3.05) is 6.54 Å². The molecule has 4 aromatic rings. The van der Waals surface area contributed by atoms with Gasteiger partial charge >= 0.3 is 0 Å². The molecule has 1 fully saturated rings. The van der Waals surface area contributed by atoms with E-state index in [-0.39, 0.29) is 34.9 Å². The lowest BCUT2D eigenvalue weighted by Crippen LogP contribution is -2.29. The summed E-state index contributed by atoms with van der Waals surface area (Å²) in [5, 5.41) is 16.8. The molecule has 1 saturated carbocycles. The molecule has 2 aliphatic carbocycles. The van der Waals surface area contributed by atoms with Crippen molar-refractivity contribution in [2.24, 2.45) is 5.92 Å². The van der Waals surface area contributed by atoms with Gasteiger partial charge in [0.1, 0.15) is 5.75 Å². The number of benzene rings is 2. The number of carbonyl (C=O) groups is 2. The van der Waals surface area contributed by atoms with E-state index in [9.17, 15) is 23.1 Å². The van der Waals surface area contributed by atoms with Crippen LogP contribution in [0.3, 0.4) is 0 Å². The van der Waals surface area contributed by atoms with Gasteiger partial charge in [0.2, 0.25) is 15.9 Å². The van der Waals surface area contributed by atoms with E-state index >= 15 is 0 Å². The van der Waals surface area contributed by atoms with Gasteiger partial charge in [0.25, 0.3) is 5.91 Å². The minimum Gasteiger partial charge on any atom is -0.508 e. The zero-order valence-corrected chi connectivity index (χ0v) is 25.8. The van der Waals surface area contributed by atoms with Gasteiger partial charge in [0.15, 0.2) is 0 Å². The van der Waals surface area contributed by atoms with Crippen LogP contribution in [-0.4, -0.2) is 41.9 Å². The molecule has 4 N–H and O–H groups in total. The lowest BCUT2D eigenvalue weighted by molar-refractivity contribution is -0.117. The predicted octanol–water partition coefficient (Wildman–Crippen LogP) is 4.89. The number of rotatable bonds is 10. The molecule has 2 aromatic carbocycles. The maximum atomic E-state index is 13.8. The summed E-state index contributed by atoms with van der Waals surface area (Å²) in [5.41, 5.74) is 3.29. The summed E-state index contributed by atoms with van der Waals surface area (Å²) in [5.74, 6) is -0.185. The topological polar surface area (TPSA) is 150 Å². The number of amides is 2. The molecule has 0 saturated heterocycles. The number of aromatic nitrogens is 2. The van der Waals surface area contributed by atoms with E-state index in [4.69, 9.17) is 4.98 Å². The van der Waals surface area contributed by atoms with Gasteiger partial charge in [-0.15, -0.1) is 0 Å². The van der Waals surface area contributed by atoms with Crippen molar-refractivity contribution >= 4 is 38.7 Å². The van der Waals surface area contributed by atoms with E-state index in [1.165, 1.54) is 24.4 Å². The Morgan fingerprint density at radius 2 is 1.80 bits per heavy atom. The van der Waals surface area contributed by atoms with Crippen molar-refractivity contribution in [3.05, 3.63) is 101 Å². The number of carbonyl (C=O) groups excluding carboxylic acids is 2. The van der Waals surface area contributed by atoms with Gasteiger partial charge < -0.3 is 15.7 Å². The molecule has 2 aromatic heterocycles. The first-order valence-electron chi connectivity index (χ1n) is 15.0. The van der Waals surface area contributed by atoms with Gasteiger partial charge in [-0.05, 0) is 84.3 Å². The third kappa shape index (κ3) is 6.74. The van der Waals surface area contributed by atoms with Crippen LogP contribution in [0.25, 0.3) is 16.8 Å². The molecule has 2 heterocycles. The van der Waals surface area contributed by atoms with Crippen molar-refractivity contribution in [2.45, 2.75) is 56.0 Å². The number of nitrogens with zero attached hydrogens (tertiary/aromatic N) is 2. The monoisotopic (exact) mass is 625 g/mol. The standard InChI is InChI=1S/C34H35N5O5S/c1-20(2)17-37-45(43,44)31-15-26-29(39-34(42)23-4-3-13-35-18-23)16-30(38-32(41)12-7-21-5-10-24(40)11-6-21)33(26)27-19-36-28(14-25(27)31)22-8-9-22/h3-7,10-15,18-20,22,29-30,37,40H,8-9,16-17H2,1-2H3,(H,38,41)(H,39,42)/b12-7+/t29-,30-/m0/s1. The molecule has 0 bridgehead atoms. The van der Waals surface area contributed by atoms with Crippen molar-refractivity contribution in [3.63, 3.8) is 0 Å². The second-order valence-corrected chi connectivity index (χ2v) is 13.8. The van der Waals surface area contributed by atoms with Crippen molar-refractivity contribution in [1.82, 2.24) is 25.3 Å². The van der Waals surface area contributed by atoms with E-state index < -0.39 is 22.1 Å². The minimum absolute atomic E-state index is 0.102. The van der Waals surface area contributed by atoms with Crippen LogP contribution in [0.1, 0.15) is 83.9 Å². The van der Waals surface area contributed by atoms with E-state index in [0.717, 1.165) is 29.7 Å². The molecule has 11 heteroatoms. The van der Waals surface area contributed by atoms with Crippen LogP contribution in [0.5, 0.6) is 5.75 Å². The summed E-state index contributed by atoms with van der Waals surface area (Å²) in [7, 11) is -3.93. The van der Waals surface area contributed by atoms with Crippen LogP contribution in [0, 0.1) is 5.92 Å². The van der Waals surface area contributed by atoms with Crippen molar-refractivity contribution in [3.8, 4) is 5.75 Å². The number of pyridine rings is 2. The third-order valence-corrected chi connectivity index (χ3v) is 9.57. The predicted molar refractivity (Wildman–Crippen MR) is 171 cm³/mol. The molecule has 0 radical (unpaired) electrons. The highest BCUT2D eigenvalue weighted by atomic mass is 32.2. The number of fused-ring (bicyclic) bond motifs is 3. The first kappa shape index (κ1) is 30.4. The number of phenolic OH excluding ortho intramolecular Hbond substituents is 1. The van der Waals surface area contributed by atoms with Gasteiger partial charge in [-0.3, -0.25) is 19.6 Å². The Hall–Kier alpha value is -4.61. The average Bonchev–Trinajstić information content (AvgIpc) is 3.83. The van der Waals surface area contributed by atoms with Crippen molar-refractivity contribution in [1.29, 1.82) is 0 Å². The first-order chi connectivity index (χ1) is 21.6. The molecule has 2 aliphatic rings. The highest BCUT2D eigenvalue weighted by Crippen LogP contribution is 2.47. The Morgan fingerprint density at radius 3 is 2.49 bits per heavy atom. The Morgan fingerprint density at radius 1 is 1.02 bits per heavy atom. The Balaban J connectivity index is 1.43. The number of nitrogens with one attached hydrogen (secondary N) is 3. The number of sulfonamides is 1. The summed E-state index contributed by atoms with van der Waals surface area (Å²) in [4.78, 5) is 35.3. The van der Waals surface area contributed by atoms with Gasteiger partial charge in [-0.25, -0.2) is 13.1 Å². The molecular weight excluding hydrogens is 590 g/mol. The number of hydrogen-bond donors (Lipinski definition) is 4. The number of hydrogen-bond acceptors (Lipinski definition) is 7. The SMILES string of the molecule is CC(C)CNS(=O)(=O)c1cc2c(c3cnc(C4CC4)cc13)[C@@H](NC(=O)/C=C/c1ccc(O)cc1)C[C@@H]2NC(=O)c1cccnc1. The van der Waals surface area contributed by atoms with E-state index in [2.05, 4.69) is 20.3 Å². The maximum absolute atomic E-state index is 13.8. The summed E-state index contributed by atoms with van der Waals surface area (Å²) in [6.07, 6.45) is 10.1. The molecule has 10 nitrogen and oxygen atoms in total. The lowest BCUT2D eigenvalue weighted by Gasteiger charge is -2.19. The molecule has 232 valence electrons. The molecular formula is C34H35N5O5S. The van der Waals surface area contributed by atoms with Crippen LogP contribution in [-0.2, 0) is 14.8 Å². The summed E-state index contributed by atoms with van der Waals surface area (Å²) < 4.78 is 30.3. The quantitative estimate of drug-likeness (QED) is 0.183. The van der Waals surface area contributed by atoms with E-state index in [0.29, 0.717) is 34.2 Å². The summed E-state index contributed by atoms with van der Waals surface area (Å²) in [6.45, 7) is 4.15. The molecule has 6 rings (SSSR count). The zero-order chi connectivity index (χ0) is 31.7. The molecule has 0 aliphatic heterocycles. The van der Waals surface area contributed by atoms with Gasteiger partial charge in [-0.2, -0.15) is 0 Å². The third-order valence-electron chi connectivity index (χ3n) is 8.11. The summed E-state index contributed by atoms with van der Waals surface area (Å²) >= 11 is 0. The second kappa shape index (κ2) is 12.4. The molecule has 0 unspecified atom stereocenters. The van der Waals surface area contributed by atoms with E-state index in [1.54, 1.807) is 48.8 Å². The lowest BCUT2D eigenvalue weighted by atomic mass is 9.98. The van der Waals surface area contributed by atoms with Gasteiger partial charge in [0, 0.05) is 53.6 Å². The Kier molecular flexibility index (Phi) is 8.39.